The molecule has 134 valence electrons. The van der Waals surface area contributed by atoms with Crippen LogP contribution in [0, 0.1) is 0 Å². The average Bonchev–Trinajstić information content (AvgIpc) is 2.99. The Hall–Kier alpha value is -2.60. The second-order valence-corrected chi connectivity index (χ2v) is 6.87. The number of hydrogen-bond acceptors (Lipinski definition) is 2. The minimum Gasteiger partial charge on any atom is -0.350 e. The number of aromatic amines is 1. The van der Waals surface area contributed by atoms with Crippen molar-refractivity contribution >= 4 is 44.3 Å². The lowest BCUT2D eigenvalue weighted by atomic mass is 10.1. The Kier molecular flexibility index (Phi) is 5.42. The number of amides is 2. The molecule has 0 radical (unpaired) electrons. The summed E-state index contributed by atoms with van der Waals surface area (Å²) in [6, 6.07) is 15.1. The third kappa shape index (κ3) is 3.80. The number of aromatic nitrogens is 1. The van der Waals surface area contributed by atoms with Gasteiger partial charge in [0, 0.05) is 23.0 Å². The quantitative estimate of drug-likeness (QED) is 0.563. The molecule has 2 aromatic carbocycles. The molecule has 0 aliphatic rings. The van der Waals surface area contributed by atoms with Crippen LogP contribution >= 0.6 is 15.9 Å². The lowest BCUT2D eigenvalue weighted by molar-refractivity contribution is -0.115. The van der Waals surface area contributed by atoms with E-state index in [0.717, 1.165) is 26.6 Å². The first-order valence-corrected chi connectivity index (χ1v) is 9.25. The van der Waals surface area contributed by atoms with E-state index in [-0.39, 0.29) is 17.9 Å². The second-order valence-electron chi connectivity index (χ2n) is 6.08. The second kappa shape index (κ2) is 7.74. The Bertz CT molecular complexity index is 947. The van der Waals surface area contributed by atoms with Gasteiger partial charge in [0.05, 0.1) is 10.5 Å². The number of carbonyl (C=O) groups excluding carboxylic acids is 2. The molecule has 5 nitrogen and oxygen atoms in total. The third-order valence-electron chi connectivity index (χ3n) is 4.23. The first-order valence-electron chi connectivity index (χ1n) is 8.46. The molecule has 3 aromatic rings. The van der Waals surface area contributed by atoms with Crippen molar-refractivity contribution < 1.29 is 9.59 Å². The molecule has 0 saturated carbocycles. The van der Waals surface area contributed by atoms with Gasteiger partial charge in [-0.1, -0.05) is 37.3 Å². The molecular weight excluding hydrogens is 394 g/mol. The number of H-pyrrole nitrogens is 1. The predicted octanol–water partition coefficient (Wildman–Crippen LogP) is 4.77. The molecule has 2 amide bonds. The molecule has 1 aromatic heterocycles. The maximum absolute atomic E-state index is 12.6. The Balaban J connectivity index is 1.72. The molecule has 3 N–H and O–H groups in total. The van der Waals surface area contributed by atoms with Gasteiger partial charge in [0.15, 0.2) is 0 Å². The first-order chi connectivity index (χ1) is 12.5. The van der Waals surface area contributed by atoms with Crippen LogP contribution in [-0.2, 0) is 4.79 Å². The molecule has 3 rings (SSSR count). The number of nitrogens with one attached hydrogen (secondary N) is 3. The van der Waals surface area contributed by atoms with E-state index in [4.69, 9.17) is 0 Å². The number of hydrogen-bond donors (Lipinski definition) is 3. The largest absolute Gasteiger partial charge is 0.350 e. The number of halogens is 1. The van der Waals surface area contributed by atoms with E-state index in [1.807, 2.05) is 62.4 Å². The van der Waals surface area contributed by atoms with Crippen molar-refractivity contribution in [3.05, 3.63) is 64.3 Å². The zero-order valence-electron chi connectivity index (χ0n) is 14.6. The van der Waals surface area contributed by atoms with E-state index in [2.05, 4.69) is 31.5 Å². The van der Waals surface area contributed by atoms with Crippen molar-refractivity contribution in [1.82, 2.24) is 10.3 Å². The molecule has 0 aliphatic carbocycles. The van der Waals surface area contributed by atoms with Gasteiger partial charge >= 0.3 is 0 Å². The Labute approximate surface area is 160 Å². The maximum Gasteiger partial charge on any atom is 0.269 e. The van der Waals surface area contributed by atoms with Crippen LogP contribution in [-0.4, -0.2) is 16.8 Å². The molecule has 0 bridgehead atoms. The summed E-state index contributed by atoms with van der Waals surface area (Å²) < 4.78 is 0.760. The Morgan fingerprint density at radius 2 is 1.81 bits per heavy atom. The minimum absolute atomic E-state index is 0.0252. The van der Waals surface area contributed by atoms with Crippen LogP contribution in [0.5, 0.6) is 0 Å². The summed E-state index contributed by atoms with van der Waals surface area (Å²) in [4.78, 5) is 27.2. The van der Waals surface area contributed by atoms with Crippen molar-refractivity contribution in [3.63, 3.8) is 0 Å². The van der Waals surface area contributed by atoms with E-state index in [1.54, 1.807) is 0 Å². The normalized spacial score (nSPS) is 12.0. The van der Waals surface area contributed by atoms with Crippen LogP contribution < -0.4 is 10.6 Å². The lowest BCUT2D eigenvalue weighted by Crippen LogP contribution is -2.27. The number of carbonyl (C=O) groups is 2. The monoisotopic (exact) mass is 413 g/mol. The van der Waals surface area contributed by atoms with E-state index >= 15 is 0 Å². The van der Waals surface area contributed by atoms with Crippen LogP contribution in [0.25, 0.3) is 10.9 Å². The summed E-state index contributed by atoms with van der Waals surface area (Å²) >= 11 is 3.51. The number of para-hydroxylation sites is 1. The molecule has 1 atom stereocenters. The molecule has 0 spiro atoms. The summed E-state index contributed by atoms with van der Waals surface area (Å²) in [7, 11) is 0. The molecule has 1 unspecified atom stereocenters. The fourth-order valence-electron chi connectivity index (χ4n) is 2.72. The maximum atomic E-state index is 12.6. The smallest absolute Gasteiger partial charge is 0.269 e. The van der Waals surface area contributed by atoms with E-state index in [1.165, 1.54) is 0 Å². The van der Waals surface area contributed by atoms with Crippen molar-refractivity contribution in [2.24, 2.45) is 0 Å². The van der Waals surface area contributed by atoms with Crippen molar-refractivity contribution in [1.29, 1.82) is 0 Å². The van der Waals surface area contributed by atoms with E-state index in [0.29, 0.717) is 12.1 Å². The molecule has 0 aliphatic heterocycles. The minimum atomic E-state index is -0.177. The zero-order chi connectivity index (χ0) is 18.7. The molecule has 1 heterocycles. The van der Waals surface area contributed by atoms with Crippen molar-refractivity contribution in [2.75, 3.05) is 5.32 Å². The van der Waals surface area contributed by atoms with Crippen molar-refractivity contribution in [2.45, 2.75) is 26.3 Å². The summed E-state index contributed by atoms with van der Waals surface area (Å²) in [5.41, 5.74) is 3.12. The summed E-state index contributed by atoms with van der Waals surface area (Å²) in [6.07, 6.45) is 0.438. The average molecular weight is 414 g/mol. The highest BCUT2D eigenvalue weighted by Gasteiger charge is 2.18. The summed E-state index contributed by atoms with van der Waals surface area (Å²) in [5.74, 6) is -0.202. The van der Waals surface area contributed by atoms with E-state index in [9.17, 15) is 9.59 Å². The number of benzene rings is 2. The number of anilines is 1. The van der Waals surface area contributed by atoms with Gasteiger partial charge in [-0.15, -0.1) is 0 Å². The predicted molar refractivity (Wildman–Crippen MR) is 107 cm³/mol. The molecule has 26 heavy (non-hydrogen) atoms. The van der Waals surface area contributed by atoms with Crippen LogP contribution in [0.1, 0.15) is 42.4 Å². The lowest BCUT2D eigenvalue weighted by Gasteiger charge is -2.15. The standard InChI is InChI=1S/C20H20BrN3O2/c1-3-17(25)23-14-10-8-13(9-11-14)12(2)22-20(26)19-18(21)15-6-4-5-7-16(15)24-19/h4-12,24H,3H2,1-2H3,(H,22,26)(H,23,25). The zero-order valence-corrected chi connectivity index (χ0v) is 16.2. The van der Waals surface area contributed by atoms with Crippen LogP contribution in [0.15, 0.2) is 53.0 Å². The van der Waals surface area contributed by atoms with Gasteiger partial charge in [-0.2, -0.15) is 0 Å². The summed E-state index contributed by atoms with van der Waals surface area (Å²) in [6.45, 7) is 3.73. The van der Waals surface area contributed by atoms with Crippen molar-refractivity contribution in [3.8, 4) is 0 Å². The van der Waals surface area contributed by atoms with Gasteiger partial charge in [-0.25, -0.2) is 0 Å². The van der Waals surface area contributed by atoms with Gasteiger partial charge in [-0.3, -0.25) is 9.59 Å². The van der Waals surface area contributed by atoms with Crippen LogP contribution in [0.3, 0.4) is 0 Å². The van der Waals surface area contributed by atoms with Gasteiger partial charge in [0.1, 0.15) is 5.69 Å². The molecule has 6 heteroatoms. The first kappa shape index (κ1) is 18.2. The molecule has 0 saturated heterocycles. The van der Waals surface area contributed by atoms with Crippen LogP contribution in [0.4, 0.5) is 5.69 Å². The van der Waals surface area contributed by atoms with Crippen LogP contribution in [0.2, 0.25) is 0 Å². The fourth-order valence-corrected chi connectivity index (χ4v) is 3.35. The van der Waals surface area contributed by atoms with E-state index < -0.39 is 0 Å². The molecular formula is C20H20BrN3O2. The summed E-state index contributed by atoms with van der Waals surface area (Å²) in [5, 5.41) is 6.78. The highest BCUT2D eigenvalue weighted by Crippen LogP contribution is 2.28. The number of fused-ring (bicyclic) bond motifs is 1. The van der Waals surface area contributed by atoms with Gasteiger partial charge < -0.3 is 15.6 Å². The van der Waals surface area contributed by atoms with Gasteiger partial charge in [-0.05, 0) is 46.6 Å². The topological polar surface area (TPSA) is 74.0 Å². The highest BCUT2D eigenvalue weighted by atomic mass is 79.9. The SMILES string of the molecule is CCC(=O)Nc1ccc(C(C)NC(=O)c2[nH]c3ccccc3c2Br)cc1. The number of rotatable bonds is 5. The Morgan fingerprint density at radius 1 is 1.12 bits per heavy atom. The fraction of sp³-hybridized carbons (Fsp3) is 0.200. The Morgan fingerprint density at radius 3 is 2.46 bits per heavy atom. The molecule has 0 fully saturated rings. The third-order valence-corrected chi connectivity index (χ3v) is 5.06. The highest BCUT2D eigenvalue weighted by molar-refractivity contribution is 9.10. The van der Waals surface area contributed by atoms with Gasteiger partial charge in [0.2, 0.25) is 5.91 Å². The van der Waals surface area contributed by atoms with Gasteiger partial charge in [0.25, 0.3) is 5.91 Å².